The van der Waals surface area contributed by atoms with E-state index < -0.39 is 0 Å². The zero-order valence-electron chi connectivity index (χ0n) is 18.8. The largest absolute Gasteiger partial charge is 0.483 e. The number of rotatable bonds is 4. The molecule has 0 radical (unpaired) electrons. The van der Waals surface area contributed by atoms with Crippen molar-refractivity contribution in [1.82, 2.24) is 9.80 Å². The summed E-state index contributed by atoms with van der Waals surface area (Å²) >= 11 is 5.92. The minimum atomic E-state index is -0.0739. The van der Waals surface area contributed by atoms with E-state index in [9.17, 15) is 9.59 Å². The lowest BCUT2D eigenvalue weighted by atomic mass is 9.85. The van der Waals surface area contributed by atoms with Gasteiger partial charge in [-0.3, -0.25) is 9.59 Å². The van der Waals surface area contributed by atoms with Gasteiger partial charge in [-0.2, -0.15) is 0 Å². The maximum Gasteiger partial charge on any atom is 0.260 e. The molecule has 1 fully saturated rings. The summed E-state index contributed by atoms with van der Waals surface area (Å²) in [5.74, 6) is 0.665. The molecule has 2 amide bonds. The second-order valence-electron chi connectivity index (χ2n) is 9.07. The number of aryl methyl sites for hydroxylation is 1. The van der Waals surface area contributed by atoms with Gasteiger partial charge in [-0.1, -0.05) is 50.1 Å². The molecule has 0 spiro atoms. The molecule has 3 rings (SSSR count). The third kappa shape index (κ3) is 6.01. The van der Waals surface area contributed by atoms with Crippen molar-refractivity contribution < 1.29 is 14.3 Å². The quantitative estimate of drug-likeness (QED) is 0.689. The summed E-state index contributed by atoms with van der Waals surface area (Å²) < 4.78 is 5.95. The Labute approximate surface area is 189 Å². The molecular weight excluding hydrogens is 412 g/mol. The Balaban J connectivity index is 1.59. The normalized spacial score (nSPS) is 14.9. The highest BCUT2D eigenvalue weighted by atomic mass is 35.5. The molecule has 1 saturated heterocycles. The van der Waals surface area contributed by atoms with Gasteiger partial charge in [-0.15, -0.1) is 0 Å². The number of benzene rings is 2. The maximum atomic E-state index is 12.8. The minimum Gasteiger partial charge on any atom is -0.483 e. The van der Waals surface area contributed by atoms with Crippen LogP contribution in [0.2, 0.25) is 5.02 Å². The van der Waals surface area contributed by atoms with Crippen molar-refractivity contribution in [2.24, 2.45) is 0 Å². The van der Waals surface area contributed by atoms with Crippen molar-refractivity contribution in [1.29, 1.82) is 0 Å². The number of nitrogens with zero attached hydrogens (tertiary/aromatic N) is 2. The van der Waals surface area contributed by atoms with Crippen LogP contribution in [0.1, 0.15) is 48.7 Å². The first-order chi connectivity index (χ1) is 14.6. The summed E-state index contributed by atoms with van der Waals surface area (Å²) in [4.78, 5) is 29.2. The van der Waals surface area contributed by atoms with Crippen LogP contribution >= 0.6 is 11.6 Å². The van der Waals surface area contributed by atoms with Gasteiger partial charge in [-0.05, 0) is 54.7 Å². The van der Waals surface area contributed by atoms with E-state index >= 15 is 0 Å². The zero-order chi connectivity index (χ0) is 22.6. The fourth-order valence-corrected chi connectivity index (χ4v) is 3.86. The summed E-state index contributed by atoms with van der Waals surface area (Å²) in [7, 11) is 0. The number of hydrogen-bond acceptors (Lipinski definition) is 3. The first kappa shape index (κ1) is 23.1. The van der Waals surface area contributed by atoms with Crippen LogP contribution in [0.15, 0.2) is 42.5 Å². The Kier molecular flexibility index (Phi) is 7.26. The first-order valence-electron chi connectivity index (χ1n) is 10.7. The molecule has 2 aromatic rings. The van der Waals surface area contributed by atoms with Gasteiger partial charge in [0.1, 0.15) is 5.75 Å². The first-order valence-corrected chi connectivity index (χ1v) is 11.1. The standard InChI is InChI=1S/C25H31ClN2O3/c1-18-6-11-22(21(16-18)25(2,3)4)31-17-23(29)27-12-5-13-28(15-14-27)24(30)19-7-9-20(26)10-8-19/h6-11,16H,5,12-15,17H2,1-4H3. The molecule has 0 aromatic heterocycles. The SMILES string of the molecule is Cc1ccc(OCC(=O)N2CCCN(C(=O)c3ccc(Cl)cc3)CC2)c(C(C)(C)C)c1. The van der Waals surface area contributed by atoms with Gasteiger partial charge in [0.15, 0.2) is 6.61 Å². The number of halogens is 1. The second kappa shape index (κ2) is 9.73. The third-order valence-corrected chi connectivity index (χ3v) is 5.77. The van der Waals surface area contributed by atoms with Gasteiger partial charge in [-0.25, -0.2) is 0 Å². The summed E-state index contributed by atoms with van der Waals surface area (Å²) in [5.41, 5.74) is 2.80. The highest BCUT2D eigenvalue weighted by Crippen LogP contribution is 2.32. The van der Waals surface area contributed by atoms with E-state index in [1.807, 2.05) is 12.1 Å². The van der Waals surface area contributed by atoms with Crippen molar-refractivity contribution in [2.75, 3.05) is 32.8 Å². The molecule has 0 atom stereocenters. The lowest BCUT2D eigenvalue weighted by Gasteiger charge is -2.25. The highest BCUT2D eigenvalue weighted by Gasteiger charge is 2.24. The molecule has 31 heavy (non-hydrogen) atoms. The Hall–Kier alpha value is -2.53. The van der Waals surface area contributed by atoms with E-state index in [-0.39, 0.29) is 23.8 Å². The van der Waals surface area contributed by atoms with Crippen LogP contribution in [0.5, 0.6) is 5.75 Å². The predicted octanol–water partition coefficient (Wildman–Crippen LogP) is 4.70. The van der Waals surface area contributed by atoms with Gasteiger partial charge < -0.3 is 14.5 Å². The van der Waals surface area contributed by atoms with Crippen molar-refractivity contribution >= 4 is 23.4 Å². The average molecular weight is 443 g/mol. The molecule has 1 heterocycles. The topological polar surface area (TPSA) is 49.9 Å². The maximum absolute atomic E-state index is 12.8. The van der Waals surface area contributed by atoms with Gasteiger partial charge in [0.05, 0.1) is 0 Å². The predicted molar refractivity (Wildman–Crippen MR) is 124 cm³/mol. The highest BCUT2D eigenvalue weighted by molar-refractivity contribution is 6.30. The average Bonchev–Trinajstić information content (AvgIpc) is 2.98. The molecule has 0 bridgehead atoms. The van der Waals surface area contributed by atoms with Gasteiger partial charge in [0.2, 0.25) is 0 Å². The Morgan fingerprint density at radius 2 is 1.61 bits per heavy atom. The van der Waals surface area contributed by atoms with Crippen LogP contribution in [-0.2, 0) is 10.2 Å². The molecule has 1 aliphatic rings. The molecule has 0 N–H and O–H groups in total. The molecule has 0 saturated carbocycles. The summed E-state index contributed by atoms with van der Waals surface area (Å²) in [6, 6.07) is 13.0. The Morgan fingerprint density at radius 3 is 2.29 bits per heavy atom. The Bertz CT molecular complexity index is 935. The molecule has 2 aromatic carbocycles. The molecule has 5 nitrogen and oxygen atoms in total. The smallest absolute Gasteiger partial charge is 0.260 e. The van der Waals surface area contributed by atoms with Crippen molar-refractivity contribution in [3.8, 4) is 5.75 Å². The van der Waals surface area contributed by atoms with Gasteiger partial charge in [0, 0.05) is 36.8 Å². The van der Waals surface area contributed by atoms with Gasteiger partial charge in [0.25, 0.3) is 11.8 Å². The monoisotopic (exact) mass is 442 g/mol. The van der Waals surface area contributed by atoms with Crippen molar-refractivity contribution in [2.45, 2.75) is 39.5 Å². The van der Waals surface area contributed by atoms with Crippen LogP contribution < -0.4 is 4.74 Å². The molecule has 1 aliphatic heterocycles. The van der Waals surface area contributed by atoms with Crippen LogP contribution in [-0.4, -0.2) is 54.4 Å². The lowest BCUT2D eigenvalue weighted by molar-refractivity contribution is -0.133. The summed E-state index contributed by atoms with van der Waals surface area (Å²) in [6.07, 6.45) is 0.739. The number of ether oxygens (including phenoxy) is 1. The van der Waals surface area contributed by atoms with Crippen LogP contribution in [0.25, 0.3) is 0 Å². The van der Waals surface area contributed by atoms with E-state index in [4.69, 9.17) is 16.3 Å². The zero-order valence-corrected chi connectivity index (χ0v) is 19.5. The van der Waals surface area contributed by atoms with E-state index in [0.717, 1.165) is 17.7 Å². The van der Waals surface area contributed by atoms with E-state index in [2.05, 4.69) is 33.8 Å². The van der Waals surface area contributed by atoms with Crippen molar-refractivity contribution in [3.05, 3.63) is 64.2 Å². The van der Waals surface area contributed by atoms with E-state index in [1.165, 1.54) is 5.56 Å². The summed E-state index contributed by atoms with van der Waals surface area (Å²) in [6.45, 7) is 10.7. The van der Waals surface area contributed by atoms with E-state index in [0.29, 0.717) is 36.8 Å². The molecular formula is C25H31ClN2O3. The lowest BCUT2D eigenvalue weighted by Crippen LogP contribution is -2.39. The van der Waals surface area contributed by atoms with E-state index in [1.54, 1.807) is 34.1 Å². The fourth-order valence-electron chi connectivity index (χ4n) is 3.73. The van der Waals surface area contributed by atoms with Gasteiger partial charge >= 0.3 is 0 Å². The molecule has 6 heteroatoms. The van der Waals surface area contributed by atoms with Crippen LogP contribution in [0, 0.1) is 6.92 Å². The number of carbonyl (C=O) groups is 2. The number of amides is 2. The third-order valence-electron chi connectivity index (χ3n) is 5.52. The molecule has 0 unspecified atom stereocenters. The Morgan fingerprint density at radius 1 is 0.968 bits per heavy atom. The number of hydrogen-bond donors (Lipinski definition) is 0. The van der Waals surface area contributed by atoms with Crippen LogP contribution in [0.3, 0.4) is 0 Å². The molecule has 0 aliphatic carbocycles. The molecule has 166 valence electrons. The van der Waals surface area contributed by atoms with Crippen molar-refractivity contribution in [3.63, 3.8) is 0 Å². The number of carbonyl (C=O) groups excluding carboxylic acids is 2. The van der Waals surface area contributed by atoms with Crippen LogP contribution in [0.4, 0.5) is 0 Å². The fraction of sp³-hybridized carbons (Fsp3) is 0.440. The second-order valence-corrected chi connectivity index (χ2v) is 9.51. The summed E-state index contributed by atoms with van der Waals surface area (Å²) in [5, 5.41) is 0.604. The minimum absolute atomic E-state index is 0.00271.